The van der Waals surface area contributed by atoms with Crippen LogP contribution in [0.15, 0.2) is 41.9 Å². The van der Waals surface area contributed by atoms with E-state index in [2.05, 4.69) is 25.8 Å². The van der Waals surface area contributed by atoms with Gasteiger partial charge in [-0.15, -0.1) is 11.3 Å². The number of piperazine rings is 1. The Morgan fingerprint density at radius 2 is 2.23 bits per heavy atom. The van der Waals surface area contributed by atoms with Crippen molar-refractivity contribution in [1.29, 1.82) is 0 Å². The normalized spacial score (nSPS) is 14.2. The molecule has 0 saturated carbocycles. The Bertz CT molecular complexity index is 919. The molecule has 2 amide bonds. The molecule has 1 aliphatic rings. The molecule has 0 aromatic carbocycles. The van der Waals surface area contributed by atoms with Crippen LogP contribution in [-0.4, -0.2) is 46.6 Å². The van der Waals surface area contributed by atoms with E-state index >= 15 is 0 Å². The van der Waals surface area contributed by atoms with E-state index in [1.165, 1.54) is 0 Å². The van der Waals surface area contributed by atoms with E-state index in [1.54, 1.807) is 35.7 Å². The monoisotopic (exact) mass is 368 g/mol. The van der Waals surface area contributed by atoms with Crippen LogP contribution in [0.3, 0.4) is 0 Å². The molecule has 4 rings (SSSR count). The van der Waals surface area contributed by atoms with Crippen LogP contribution in [0.5, 0.6) is 0 Å². The number of carbonyl (C=O) groups is 2. The summed E-state index contributed by atoms with van der Waals surface area (Å²) in [5.74, 6) is 0.379. The predicted molar refractivity (Wildman–Crippen MR) is 99.3 cm³/mol. The highest BCUT2D eigenvalue weighted by atomic mass is 32.1. The van der Waals surface area contributed by atoms with E-state index in [9.17, 15) is 9.59 Å². The van der Waals surface area contributed by atoms with Crippen molar-refractivity contribution in [2.45, 2.75) is 0 Å². The van der Waals surface area contributed by atoms with Gasteiger partial charge in [0.2, 0.25) is 5.91 Å². The second kappa shape index (κ2) is 6.96. The number of nitrogens with one attached hydrogen (secondary N) is 3. The first-order valence-corrected chi connectivity index (χ1v) is 8.95. The zero-order valence-electron chi connectivity index (χ0n) is 13.7. The molecular weight excluding hydrogens is 352 g/mol. The maximum Gasteiger partial charge on any atom is 0.276 e. The number of amides is 2. The van der Waals surface area contributed by atoms with Gasteiger partial charge in [-0.25, -0.2) is 4.98 Å². The maximum absolute atomic E-state index is 12.3. The number of anilines is 2. The number of rotatable bonds is 4. The molecule has 0 radical (unpaired) electrons. The second-order valence-corrected chi connectivity index (χ2v) is 6.72. The second-order valence-electron chi connectivity index (χ2n) is 5.77. The standard InChI is InChI=1S/C17H16N6O2S/c24-16-10-23(6-5-18-16)15-4-3-11(9-19-15)20-17(25)13-8-12(21-22-13)14-2-1-7-26-14/h1-4,7-9H,5-6,10H2,(H,18,24)(H,20,25)(H,21,22). The lowest BCUT2D eigenvalue weighted by Gasteiger charge is -2.27. The molecule has 3 N–H and O–H groups in total. The van der Waals surface area contributed by atoms with E-state index in [-0.39, 0.29) is 18.4 Å². The van der Waals surface area contributed by atoms with E-state index < -0.39 is 0 Å². The fraction of sp³-hybridized carbons (Fsp3) is 0.176. The van der Waals surface area contributed by atoms with Crippen molar-refractivity contribution in [3.63, 3.8) is 0 Å². The van der Waals surface area contributed by atoms with E-state index in [0.29, 0.717) is 30.3 Å². The minimum atomic E-state index is -0.309. The van der Waals surface area contributed by atoms with Gasteiger partial charge in [-0.05, 0) is 29.6 Å². The Balaban J connectivity index is 1.42. The van der Waals surface area contributed by atoms with Crippen molar-refractivity contribution in [2.24, 2.45) is 0 Å². The third-order valence-electron chi connectivity index (χ3n) is 3.97. The summed E-state index contributed by atoms with van der Waals surface area (Å²) in [5, 5.41) is 14.5. The molecule has 1 saturated heterocycles. The lowest BCUT2D eigenvalue weighted by molar-refractivity contribution is -0.120. The number of hydrogen-bond acceptors (Lipinski definition) is 6. The summed E-state index contributed by atoms with van der Waals surface area (Å²) in [6.07, 6.45) is 1.58. The van der Waals surface area contributed by atoms with Gasteiger partial charge in [0.1, 0.15) is 5.82 Å². The molecule has 0 unspecified atom stereocenters. The first-order valence-electron chi connectivity index (χ1n) is 8.07. The smallest absolute Gasteiger partial charge is 0.276 e. The van der Waals surface area contributed by atoms with Crippen LogP contribution in [0.2, 0.25) is 0 Å². The summed E-state index contributed by atoms with van der Waals surface area (Å²) in [6, 6.07) is 9.17. The molecule has 26 heavy (non-hydrogen) atoms. The maximum atomic E-state index is 12.3. The number of hydrogen-bond donors (Lipinski definition) is 3. The number of aromatic nitrogens is 3. The van der Waals surface area contributed by atoms with Crippen molar-refractivity contribution >= 4 is 34.7 Å². The summed E-state index contributed by atoms with van der Waals surface area (Å²) in [4.78, 5) is 31.1. The van der Waals surface area contributed by atoms with Crippen LogP contribution < -0.4 is 15.5 Å². The number of pyridine rings is 1. The average Bonchev–Trinajstić information content (AvgIpc) is 3.34. The molecule has 0 aliphatic carbocycles. The SMILES string of the molecule is O=C1CN(c2ccc(NC(=O)c3cc(-c4cccs4)[nH]n3)cn2)CCN1. The van der Waals surface area contributed by atoms with Gasteiger partial charge in [0.05, 0.1) is 29.0 Å². The largest absolute Gasteiger partial charge is 0.353 e. The molecule has 0 atom stereocenters. The summed E-state index contributed by atoms with van der Waals surface area (Å²) in [6.45, 7) is 1.60. The molecule has 0 bridgehead atoms. The summed E-state index contributed by atoms with van der Waals surface area (Å²) >= 11 is 1.57. The third kappa shape index (κ3) is 3.42. The molecule has 8 nitrogen and oxygen atoms in total. The Morgan fingerprint density at radius 3 is 2.96 bits per heavy atom. The van der Waals surface area contributed by atoms with E-state index in [4.69, 9.17) is 0 Å². The molecule has 4 heterocycles. The molecule has 3 aromatic rings. The van der Waals surface area contributed by atoms with Crippen LogP contribution in [0.25, 0.3) is 10.6 Å². The van der Waals surface area contributed by atoms with Gasteiger partial charge in [-0.1, -0.05) is 6.07 Å². The lowest BCUT2D eigenvalue weighted by atomic mass is 10.3. The third-order valence-corrected chi connectivity index (χ3v) is 4.87. The topological polar surface area (TPSA) is 103 Å². The Labute approximate surface area is 153 Å². The Morgan fingerprint density at radius 1 is 1.31 bits per heavy atom. The molecule has 1 aliphatic heterocycles. The molecule has 1 fully saturated rings. The van der Waals surface area contributed by atoms with E-state index in [0.717, 1.165) is 10.6 Å². The van der Waals surface area contributed by atoms with Gasteiger partial charge >= 0.3 is 0 Å². The number of nitrogens with zero attached hydrogens (tertiary/aromatic N) is 3. The highest BCUT2D eigenvalue weighted by Crippen LogP contribution is 2.23. The summed E-state index contributed by atoms with van der Waals surface area (Å²) in [7, 11) is 0. The first kappa shape index (κ1) is 16.3. The Kier molecular flexibility index (Phi) is 4.36. The van der Waals surface area contributed by atoms with Crippen LogP contribution in [-0.2, 0) is 4.79 Å². The molecule has 9 heteroatoms. The fourth-order valence-corrected chi connectivity index (χ4v) is 3.36. The van der Waals surface area contributed by atoms with Crippen molar-refractivity contribution in [2.75, 3.05) is 29.9 Å². The van der Waals surface area contributed by atoms with Crippen LogP contribution in [0.1, 0.15) is 10.5 Å². The van der Waals surface area contributed by atoms with Gasteiger partial charge in [0, 0.05) is 13.1 Å². The molecule has 3 aromatic heterocycles. The van der Waals surface area contributed by atoms with Crippen LogP contribution in [0, 0.1) is 0 Å². The minimum absolute atomic E-state index is 0.0180. The summed E-state index contributed by atoms with van der Waals surface area (Å²) < 4.78 is 0. The summed E-state index contributed by atoms with van der Waals surface area (Å²) in [5.41, 5.74) is 1.69. The quantitative estimate of drug-likeness (QED) is 0.651. The van der Waals surface area contributed by atoms with E-state index in [1.807, 2.05) is 22.4 Å². The zero-order valence-corrected chi connectivity index (χ0v) is 14.5. The van der Waals surface area contributed by atoms with Gasteiger partial charge in [0.15, 0.2) is 5.69 Å². The molecule has 132 valence electrons. The number of thiophene rings is 1. The predicted octanol–water partition coefficient (Wildman–Crippen LogP) is 1.72. The minimum Gasteiger partial charge on any atom is -0.353 e. The van der Waals surface area contributed by atoms with Crippen molar-refractivity contribution in [3.8, 4) is 10.6 Å². The van der Waals surface area contributed by atoms with Crippen molar-refractivity contribution in [1.82, 2.24) is 20.5 Å². The molecular formula is C17H16N6O2S. The number of carbonyl (C=O) groups excluding carboxylic acids is 2. The fourth-order valence-electron chi connectivity index (χ4n) is 2.67. The van der Waals surface area contributed by atoms with Gasteiger partial charge in [-0.2, -0.15) is 5.10 Å². The average molecular weight is 368 g/mol. The van der Waals surface area contributed by atoms with Crippen LogP contribution in [0.4, 0.5) is 11.5 Å². The number of aromatic amines is 1. The van der Waals surface area contributed by atoms with Gasteiger partial charge < -0.3 is 15.5 Å². The highest BCUT2D eigenvalue weighted by Gasteiger charge is 2.17. The van der Waals surface area contributed by atoms with Crippen LogP contribution >= 0.6 is 11.3 Å². The highest BCUT2D eigenvalue weighted by molar-refractivity contribution is 7.13. The molecule has 0 spiro atoms. The van der Waals surface area contributed by atoms with Crippen molar-refractivity contribution in [3.05, 3.63) is 47.6 Å². The zero-order chi connectivity index (χ0) is 17.9. The van der Waals surface area contributed by atoms with Crippen molar-refractivity contribution < 1.29 is 9.59 Å². The lowest BCUT2D eigenvalue weighted by Crippen LogP contribution is -2.48. The van der Waals surface area contributed by atoms with Gasteiger partial charge in [-0.3, -0.25) is 14.7 Å². The number of H-pyrrole nitrogens is 1. The van der Waals surface area contributed by atoms with Gasteiger partial charge in [0.25, 0.3) is 5.91 Å². The first-order chi connectivity index (χ1) is 12.7. The Hall–Kier alpha value is -3.20.